The first-order valence-corrected chi connectivity index (χ1v) is 22.8. The molecule has 2 atom stereocenters. The molecule has 0 radical (unpaired) electrons. The lowest BCUT2D eigenvalue weighted by Crippen LogP contribution is -2.16. The number of esters is 1. The minimum absolute atomic E-state index is 0.0750. The van der Waals surface area contributed by atoms with Gasteiger partial charge in [-0.15, -0.1) is 0 Å². The first-order chi connectivity index (χ1) is 27.0. The van der Waals surface area contributed by atoms with E-state index in [0.29, 0.717) is 11.3 Å². The summed E-state index contributed by atoms with van der Waals surface area (Å²) < 4.78 is 18.2. The van der Waals surface area contributed by atoms with Crippen LogP contribution < -0.4 is 9.47 Å². The van der Waals surface area contributed by atoms with Gasteiger partial charge in [0.1, 0.15) is 11.5 Å². The minimum atomic E-state index is -0.363. The Morgan fingerprint density at radius 1 is 0.473 bits per heavy atom. The van der Waals surface area contributed by atoms with Gasteiger partial charge in [0.05, 0.1) is 17.8 Å². The van der Waals surface area contributed by atoms with Crippen molar-refractivity contribution in [2.24, 2.45) is 0 Å². The van der Waals surface area contributed by atoms with Gasteiger partial charge in [-0.25, -0.2) is 4.79 Å². The van der Waals surface area contributed by atoms with E-state index in [1.54, 1.807) is 0 Å². The third-order valence-corrected chi connectivity index (χ3v) is 11.0. The SMILES string of the molecule is CCCCCCCCCCCCCCCCCCOC(C)c1ccc(-c2ccc(C(=O)Oc3ccc(OC(CCC)CCCCCCCC)cc3)cc2)cc1. The van der Waals surface area contributed by atoms with E-state index in [9.17, 15) is 4.79 Å². The summed E-state index contributed by atoms with van der Waals surface area (Å²) in [6, 6.07) is 23.7. The van der Waals surface area contributed by atoms with Crippen molar-refractivity contribution in [3.8, 4) is 22.6 Å². The quantitative estimate of drug-likeness (QED) is 0.0353. The maximum atomic E-state index is 12.9. The van der Waals surface area contributed by atoms with Crippen LogP contribution in [0.25, 0.3) is 11.1 Å². The number of hydrogen-bond donors (Lipinski definition) is 0. The van der Waals surface area contributed by atoms with Crippen molar-refractivity contribution in [1.82, 2.24) is 0 Å². The number of unbranched alkanes of at least 4 members (excludes halogenated alkanes) is 20. The van der Waals surface area contributed by atoms with Crippen LogP contribution in [0, 0.1) is 0 Å². The van der Waals surface area contributed by atoms with E-state index in [-0.39, 0.29) is 18.2 Å². The summed E-state index contributed by atoms with van der Waals surface area (Å²) in [6.07, 6.45) is 33.4. The lowest BCUT2D eigenvalue weighted by molar-refractivity contribution is 0.0627. The average molecular weight is 755 g/mol. The van der Waals surface area contributed by atoms with Gasteiger partial charge in [-0.3, -0.25) is 0 Å². The Morgan fingerprint density at radius 3 is 1.40 bits per heavy atom. The molecular formula is C51H78O4. The molecule has 4 nitrogen and oxygen atoms in total. The molecule has 0 spiro atoms. The maximum Gasteiger partial charge on any atom is 0.343 e. The number of rotatable bonds is 33. The molecule has 0 saturated heterocycles. The summed E-state index contributed by atoms with van der Waals surface area (Å²) in [6.45, 7) is 9.72. The van der Waals surface area contributed by atoms with Crippen LogP contribution in [0.2, 0.25) is 0 Å². The molecule has 0 aliphatic rings. The van der Waals surface area contributed by atoms with Crippen LogP contribution in [0.3, 0.4) is 0 Å². The van der Waals surface area contributed by atoms with E-state index >= 15 is 0 Å². The summed E-state index contributed by atoms with van der Waals surface area (Å²) >= 11 is 0. The average Bonchev–Trinajstić information content (AvgIpc) is 3.21. The van der Waals surface area contributed by atoms with E-state index in [2.05, 4.69) is 52.0 Å². The zero-order valence-corrected chi connectivity index (χ0v) is 35.6. The number of hydrogen-bond acceptors (Lipinski definition) is 4. The summed E-state index contributed by atoms with van der Waals surface area (Å²) in [5.74, 6) is 0.986. The standard InChI is InChI=1S/C51H78O4/c1-5-8-10-12-14-15-16-17-18-19-20-21-22-23-25-27-42-53-43(4)44-30-32-45(33-31-44)46-34-36-47(37-35-46)51(52)55-50-40-38-49(39-41-50)54-48(28-7-3)29-26-24-13-11-9-6-2/h30-41,43,48H,5-29,42H2,1-4H3. The van der Waals surface area contributed by atoms with Crippen molar-refractivity contribution < 1.29 is 19.0 Å². The lowest BCUT2D eigenvalue weighted by atomic mass is 10.0. The Labute approximate surface area is 337 Å². The minimum Gasteiger partial charge on any atom is -0.490 e. The molecule has 0 N–H and O–H groups in total. The second-order valence-electron chi connectivity index (χ2n) is 16.0. The molecule has 55 heavy (non-hydrogen) atoms. The summed E-state index contributed by atoms with van der Waals surface area (Å²) in [5.41, 5.74) is 3.89. The molecular weight excluding hydrogens is 677 g/mol. The van der Waals surface area contributed by atoms with Crippen molar-refractivity contribution in [3.05, 3.63) is 83.9 Å². The van der Waals surface area contributed by atoms with Crippen molar-refractivity contribution in [1.29, 1.82) is 0 Å². The molecule has 3 aromatic rings. The summed E-state index contributed by atoms with van der Waals surface area (Å²) in [4.78, 5) is 12.9. The van der Waals surface area contributed by atoms with Crippen molar-refractivity contribution in [2.45, 2.75) is 200 Å². The van der Waals surface area contributed by atoms with Gasteiger partial charge in [-0.05, 0) is 85.7 Å². The van der Waals surface area contributed by atoms with Crippen LogP contribution in [0.15, 0.2) is 72.8 Å². The molecule has 0 heterocycles. The highest BCUT2D eigenvalue weighted by atomic mass is 16.5. The molecule has 0 fully saturated rings. The Bertz CT molecular complexity index is 1350. The number of carbonyl (C=O) groups excluding carboxylic acids is 1. The predicted octanol–water partition coefficient (Wildman–Crippen LogP) is 16.2. The van der Waals surface area contributed by atoms with Gasteiger partial charge in [0.15, 0.2) is 0 Å². The van der Waals surface area contributed by atoms with E-state index < -0.39 is 0 Å². The van der Waals surface area contributed by atoms with Gasteiger partial charge in [0, 0.05) is 6.61 Å². The van der Waals surface area contributed by atoms with E-state index in [4.69, 9.17) is 14.2 Å². The Kier molecular flexibility index (Phi) is 25.3. The van der Waals surface area contributed by atoms with E-state index in [1.807, 2.05) is 48.5 Å². The maximum absolute atomic E-state index is 12.9. The van der Waals surface area contributed by atoms with Crippen LogP contribution in [-0.4, -0.2) is 18.7 Å². The van der Waals surface area contributed by atoms with Gasteiger partial charge >= 0.3 is 5.97 Å². The van der Waals surface area contributed by atoms with Crippen molar-refractivity contribution in [3.63, 3.8) is 0 Å². The second kappa shape index (κ2) is 30.1. The molecule has 0 saturated carbocycles. The van der Waals surface area contributed by atoms with Crippen molar-refractivity contribution in [2.75, 3.05) is 6.61 Å². The van der Waals surface area contributed by atoms with Crippen molar-refractivity contribution >= 4 is 5.97 Å². The van der Waals surface area contributed by atoms with E-state index in [0.717, 1.165) is 49.2 Å². The van der Waals surface area contributed by atoms with Crippen LogP contribution in [0.4, 0.5) is 0 Å². The highest BCUT2D eigenvalue weighted by Gasteiger charge is 2.13. The van der Waals surface area contributed by atoms with Gasteiger partial charge < -0.3 is 14.2 Å². The number of carbonyl (C=O) groups is 1. The zero-order valence-electron chi connectivity index (χ0n) is 35.6. The van der Waals surface area contributed by atoms with Gasteiger partial charge in [0.2, 0.25) is 0 Å². The lowest BCUT2D eigenvalue weighted by Gasteiger charge is -2.19. The molecule has 0 aliphatic carbocycles. The zero-order chi connectivity index (χ0) is 39.2. The molecule has 3 rings (SSSR count). The molecule has 306 valence electrons. The third-order valence-electron chi connectivity index (χ3n) is 11.0. The molecule has 3 aromatic carbocycles. The topological polar surface area (TPSA) is 44.8 Å². The molecule has 2 unspecified atom stereocenters. The molecule has 0 aromatic heterocycles. The second-order valence-corrected chi connectivity index (χ2v) is 16.0. The highest BCUT2D eigenvalue weighted by molar-refractivity contribution is 5.91. The van der Waals surface area contributed by atoms with Crippen LogP contribution >= 0.6 is 0 Å². The largest absolute Gasteiger partial charge is 0.490 e. The first-order valence-electron chi connectivity index (χ1n) is 22.8. The fraction of sp³-hybridized carbons (Fsp3) is 0.627. The fourth-order valence-electron chi connectivity index (χ4n) is 7.43. The monoisotopic (exact) mass is 755 g/mol. The molecule has 0 amide bonds. The first kappa shape index (κ1) is 46.3. The fourth-order valence-corrected chi connectivity index (χ4v) is 7.43. The van der Waals surface area contributed by atoms with Gasteiger partial charge in [0.25, 0.3) is 0 Å². The Hall–Kier alpha value is -3.11. The third kappa shape index (κ3) is 20.6. The van der Waals surface area contributed by atoms with Crippen LogP contribution in [0.1, 0.15) is 210 Å². The van der Waals surface area contributed by atoms with Crippen LogP contribution in [0.5, 0.6) is 11.5 Å². The number of benzene rings is 3. The predicted molar refractivity (Wildman–Crippen MR) is 235 cm³/mol. The van der Waals surface area contributed by atoms with Gasteiger partial charge in [-0.1, -0.05) is 192 Å². The Morgan fingerprint density at radius 2 is 0.909 bits per heavy atom. The molecule has 0 bridgehead atoms. The van der Waals surface area contributed by atoms with Gasteiger partial charge in [-0.2, -0.15) is 0 Å². The van der Waals surface area contributed by atoms with E-state index in [1.165, 1.54) is 140 Å². The summed E-state index contributed by atoms with van der Waals surface area (Å²) in [5, 5.41) is 0. The summed E-state index contributed by atoms with van der Waals surface area (Å²) in [7, 11) is 0. The molecule has 0 aliphatic heterocycles. The smallest absolute Gasteiger partial charge is 0.343 e. The molecule has 4 heteroatoms. The Balaban J connectivity index is 1.28. The van der Waals surface area contributed by atoms with Crippen LogP contribution in [-0.2, 0) is 4.74 Å². The number of ether oxygens (including phenoxy) is 3. The highest BCUT2D eigenvalue weighted by Crippen LogP contribution is 2.26. The normalized spacial score (nSPS) is 12.4.